The summed E-state index contributed by atoms with van der Waals surface area (Å²) in [6.45, 7) is 0.916. The van der Waals surface area contributed by atoms with Crippen molar-refractivity contribution in [2.45, 2.75) is 25.7 Å². The molecule has 4 rings (SSSR count). The summed E-state index contributed by atoms with van der Waals surface area (Å²) in [4.78, 5) is 0. The van der Waals surface area contributed by atoms with Crippen LogP contribution in [0.25, 0.3) is 0 Å². The summed E-state index contributed by atoms with van der Waals surface area (Å²) in [5.74, 6) is 2.22. The fraction of sp³-hybridized carbons (Fsp3) is 0.172. The van der Waals surface area contributed by atoms with E-state index in [0.29, 0.717) is 25.4 Å². The van der Waals surface area contributed by atoms with Crippen molar-refractivity contribution in [3.8, 4) is 17.2 Å². The summed E-state index contributed by atoms with van der Waals surface area (Å²) in [6.07, 6.45) is -0.222. The Bertz CT molecular complexity index is 1180. The van der Waals surface area contributed by atoms with Gasteiger partial charge in [-0.1, -0.05) is 72.8 Å². The quantitative estimate of drug-likeness (QED) is 0.216. The molecule has 4 aromatic carbocycles. The van der Waals surface area contributed by atoms with E-state index in [0.717, 1.165) is 37.3 Å². The van der Waals surface area contributed by atoms with E-state index in [1.807, 2.05) is 97.1 Å². The van der Waals surface area contributed by atoms with E-state index in [9.17, 15) is 5.11 Å². The first-order valence-corrected chi connectivity index (χ1v) is 12.2. The van der Waals surface area contributed by atoms with Crippen LogP contribution in [0, 0.1) is 3.57 Å². The zero-order valence-corrected chi connectivity index (χ0v) is 21.1. The molecular formula is C29H27IO4. The first-order chi connectivity index (χ1) is 16.6. The number of ether oxygens (including phenoxy) is 3. The Kier molecular flexibility index (Phi) is 8.44. The zero-order chi connectivity index (χ0) is 23.8. The van der Waals surface area contributed by atoms with Gasteiger partial charge in [-0.2, -0.15) is 0 Å². The van der Waals surface area contributed by atoms with Crippen molar-refractivity contribution in [2.24, 2.45) is 0 Å². The molecule has 4 nitrogen and oxygen atoms in total. The molecule has 0 unspecified atom stereocenters. The minimum absolute atomic E-state index is 0.439. The molecule has 0 aliphatic rings. The number of aliphatic hydroxyl groups excluding tert-OH is 1. The topological polar surface area (TPSA) is 47.9 Å². The van der Waals surface area contributed by atoms with Crippen LogP contribution in [0.2, 0.25) is 0 Å². The Morgan fingerprint density at radius 3 is 1.91 bits per heavy atom. The fourth-order valence-electron chi connectivity index (χ4n) is 3.59. The number of aliphatic hydroxyl groups is 1. The van der Waals surface area contributed by atoms with Gasteiger partial charge in [0, 0.05) is 12.5 Å². The minimum Gasteiger partial charge on any atom is -0.497 e. The second kappa shape index (κ2) is 11.9. The molecule has 4 aromatic rings. The Balaban J connectivity index is 1.56. The molecule has 0 aromatic heterocycles. The lowest BCUT2D eigenvalue weighted by Crippen LogP contribution is -2.06. The molecule has 0 aliphatic heterocycles. The van der Waals surface area contributed by atoms with Gasteiger partial charge in [-0.05, 0) is 63.0 Å². The summed E-state index contributed by atoms with van der Waals surface area (Å²) in [6, 6.07) is 31.5. The van der Waals surface area contributed by atoms with Gasteiger partial charge in [-0.15, -0.1) is 0 Å². The summed E-state index contributed by atoms with van der Waals surface area (Å²) >= 11 is 2.29. The summed E-state index contributed by atoms with van der Waals surface area (Å²) < 4.78 is 18.5. The largest absolute Gasteiger partial charge is 0.497 e. The standard InChI is InChI=1S/C29H27IO4/c1-32-25-14-12-23(13-15-25)27(31)17-24-16-26(33-19-21-8-4-2-5-9-21)18-28(29(24)30)34-20-22-10-6-3-7-11-22/h2-16,18,27,31H,17,19-20H2,1H3/t27-/m0/s1. The molecule has 0 fully saturated rings. The summed E-state index contributed by atoms with van der Waals surface area (Å²) in [5.41, 5.74) is 3.98. The number of rotatable bonds is 10. The third-order valence-electron chi connectivity index (χ3n) is 5.49. The molecule has 1 N–H and O–H groups in total. The second-order valence-corrected chi connectivity index (χ2v) is 9.01. The van der Waals surface area contributed by atoms with E-state index < -0.39 is 6.10 Å². The van der Waals surface area contributed by atoms with Gasteiger partial charge in [0.1, 0.15) is 30.5 Å². The molecule has 0 bridgehead atoms. The van der Waals surface area contributed by atoms with E-state index in [4.69, 9.17) is 14.2 Å². The van der Waals surface area contributed by atoms with Crippen LogP contribution in [-0.2, 0) is 19.6 Å². The average molecular weight is 566 g/mol. The van der Waals surface area contributed by atoms with Gasteiger partial charge >= 0.3 is 0 Å². The summed E-state index contributed by atoms with van der Waals surface area (Å²) in [7, 11) is 1.63. The SMILES string of the molecule is COc1ccc([C@@H](O)Cc2cc(OCc3ccccc3)cc(OCc3ccccc3)c2I)cc1. The molecule has 0 aliphatic carbocycles. The molecule has 0 amide bonds. The predicted octanol–water partition coefficient (Wildman–Crippen LogP) is 6.73. The van der Waals surface area contributed by atoms with E-state index in [2.05, 4.69) is 22.6 Å². The maximum atomic E-state index is 10.9. The zero-order valence-electron chi connectivity index (χ0n) is 19.0. The lowest BCUT2D eigenvalue weighted by atomic mass is 10.0. The van der Waals surface area contributed by atoms with Gasteiger partial charge in [0.2, 0.25) is 0 Å². The van der Waals surface area contributed by atoms with Gasteiger partial charge in [0.05, 0.1) is 16.8 Å². The predicted molar refractivity (Wildman–Crippen MR) is 142 cm³/mol. The van der Waals surface area contributed by atoms with E-state index in [1.165, 1.54) is 0 Å². The third kappa shape index (κ3) is 6.52. The van der Waals surface area contributed by atoms with Crippen LogP contribution >= 0.6 is 22.6 Å². The molecule has 0 heterocycles. The lowest BCUT2D eigenvalue weighted by molar-refractivity contribution is 0.177. The van der Waals surface area contributed by atoms with Crippen LogP contribution < -0.4 is 14.2 Å². The molecule has 5 heteroatoms. The Hall–Kier alpha value is -3.03. The minimum atomic E-state index is -0.661. The molecule has 34 heavy (non-hydrogen) atoms. The Morgan fingerprint density at radius 2 is 1.32 bits per heavy atom. The maximum absolute atomic E-state index is 10.9. The number of halogens is 1. The highest BCUT2D eigenvalue weighted by molar-refractivity contribution is 14.1. The van der Waals surface area contributed by atoms with Crippen LogP contribution in [0.5, 0.6) is 17.2 Å². The monoisotopic (exact) mass is 566 g/mol. The third-order valence-corrected chi connectivity index (χ3v) is 6.71. The van der Waals surface area contributed by atoms with E-state index in [1.54, 1.807) is 7.11 Å². The van der Waals surface area contributed by atoms with Gasteiger partial charge in [0.15, 0.2) is 0 Å². The van der Waals surface area contributed by atoms with Crippen LogP contribution in [0.15, 0.2) is 97.1 Å². The highest BCUT2D eigenvalue weighted by Crippen LogP contribution is 2.34. The number of hydrogen-bond acceptors (Lipinski definition) is 4. The highest BCUT2D eigenvalue weighted by Gasteiger charge is 2.16. The van der Waals surface area contributed by atoms with Crippen molar-refractivity contribution >= 4 is 22.6 Å². The van der Waals surface area contributed by atoms with Crippen molar-refractivity contribution in [2.75, 3.05) is 7.11 Å². The van der Waals surface area contributed by atoms with Gasteiger partial charge in [0.25, 0.3) is 0 Å². The highest BCUT2D eigenvalue weighted by atomic mass is 127. The Labute approximate surface area is 214 Å². The molecule has 174 valence electrons. The van der Waals surface area contributed by atoms with Crippen molar-refractivity contribution in [3.05, 3.63) is 123 Å². The molecule has 1 atom stereocenters. The first-order valence-electron chi connectivity index (χ1n) is 11.1. The van der Waals surface area contributed by atoms with Gasteiger partial charge in [-0.25, -0.2) is 0 Å². The summed E-state index contributed by atoms with van der Waals surface area (Å²) in [5, 5.41) is 10.9. The average Bonchev–Trinajstić information content (AvgIpc) is 2.89. The second-order valence-electron chi connectivity index (χ2n) is 7.94. The van der Waals surface area contributed by atoms with E-state index >= 15 is 0 Å². The maximum Gasteiger partial charge on any atom is 0.137 e. The first kappa shape index (κ1) is 24.1. The van der Waals surface area contributed by atoms with Crippen molar-refractivity contribution in [1.29, 1.82) is 0 Å². The van der Waals surface area contributed by atoms with E-state index in [-0.39, 0.29) is 0 Å². The molecule has 0 spiro atoms. The molecule has 0 radical (unpaired) electrons. The van der Waals surface area contributed by atoms with Crippen LogP contribution in [-0.4, -0.2) is 12.2 Å². The van der Waals surface area contributed by atoms with Crippen LogP contribution in [0.1, 0.15) is 28.4 Å². The normalized spacial score (nSPS) is 11.6. The smallest absolute Gasteiger partial charge is 0.137 e. The number of hydrogen-bond donors (Lipinski definition) is 1. The molecular weight excluding hydrogens is 539 g/mol. The Morgan fingerprint density at radius 1 is 0.735 bits per heavy atom. The van der Waals surface area contributed by atoms with Crippen molar-refractivity contribution in [1.82, 2.24) is 0 Å². The lowest BCUT2D eigenvalue weighted by Gasteiger charge is -2.18. The van der Waals surface area contributed by atoms with Crippen LogP contribution in [0.3, 0.4) is 0 Å². The van der Waals surface area contributed by atoms with Crippen molar-refractivity contribution in [3.63, 3.8) is 0 Å². The van der Waals surface area contributed by atoms with Gasteiger partial charge in [-0.3, -0.25) is 0 Å². The van der Waals surface area contributed by atoms with Crippen molar-refractivity contribution < 1.29 is 19.3 Å². The molecule has 0 saturated heterocycles. The van der Waals surface area contributed by atoms with Gasteiger partial charge < -0.3 is 19.3 Å². The number of methoxy groups -OCH3 is 1. The van der Waals surface area contributed by atoms with Crippen LogP contribution in [0.4, 0.5) is 0 Å². The fourth-order valence-corrected chi connectivity index (χ4v) is 4.28. The number of benzene rings is 4. The molecule has 0 saturated carbocycles.